The Morgan fingerprint density at radius 3 is 2.64 bits per heavy atom. The first-order valence-corrected chi connectivity index (χ1v) is 8.24. The van der Waals surface area contributed by atoms with Gasteiger partial charge < -0.3 is 14.8 Å². The molecule has 0 heterocycles. The van der Waals surface area contributed by atoms with Crippen LogP contribution in [-0.2, 0) is 4.79 Å². The van der Waals surface area contributed by atoms with E-state index in [1.54, 1.807) is 7.11 Å². The number of hydrogen-bond donors (Lipinski definition) is 1. The zero-order valence-electron chi connectivity index (χ0n) is 14.1. The van der Waals surface area contributed by atoms with Crippen LogP contribution in [0.15, 0.2) is 18.2 Å². The van der Waals surface area contributed by atoms with Crippen LogP contribution in [0, 0.1) is 0 Å². The molecule has 1 atom stereocenters. The minimum absolute atomic E-state index is 0.290. The second-order valence-electron chi connectivity index (χ2n) is 5.45. The van der Waals surface area contributed by atoms with Gasteiger partial charge in [0.15, 0.2) is 11.5 Å². The molecular formula is C18H29NO3. The van der Waals surface area contributed by atoms with Gasteiger partial charge in [-0.3, -0.25) is 4.79 Å². The number of carbonyl (C=O) groups is 1. The molecule has 4 nitrogen and oxygen atoms in total. The molecule has 1 aromatic rings. The Labute approximate surface area is 134 Å². The highest BCUT2D eigenvalue weighted by molar-refractivity contribution is 5.47. The Bertz CT molecular complexity index is 434. The third-order valence-corrected chi connectivity index (χ3v) is 3.85. The monoisotopic (exact) mass is 307 g/mol. The van der Waals surface area contributed by atoms with E-state index in [9.17, 15) is 4.79 Å². The highest BCUT2D eigenvalue weighted by Crippen LogP contribution is 2.32. The van der Waals surface area contributed by atoms with E-state index >= 15 is 0 Å². The van der Waals surface area contributed by atoms with Gasteiger partial charge in [0, 0.05) is 12.5 Å². The number of rotatable bonds is 12. The summed E-state index contributed by atoms with van der Waals surface area (Å²) >= 11 is 0. The normalized spacial score (nSPS) is 11.8. The second-order valence-corrected chi connectivity index (χ2v) is 5.45. The summed E-state index contributed by atoms with van der Waals surface area (Å²) < 4.78 is 11.3. The van der Waals surface area contributed by atoms with Crippen LogP contribution in [0.4, 0.5) is 0 Å². The molecule has 1 unspecified atom stereocenters. The molecule has 0 fully saturated rings. The van der Waals surface area contributed by atoms with Gasteiger partial charge in [-0.05, 0) is 30.5 Å². The van der Waals surface area contributed by atoms with Crippen molar-refractivity contribution in [2.75, 3.05) is 20.3 Å². The lowest BCUT2D eigenvalue weighted by atomic mass is 9.96. The maximum Gasteiger partial charge on any atom is 0.207 e. The predicted molar refractivity (Wildman–Crippen MR) is 89.7 cm³/mol. The molecule has 0 aliphatic heterocycles. The van der Waals surface area contributed by atoms with Crippen molar-refractivity contribution in [2.24, 2.45) is 0 Å². The van der Waals surface area contributed by atoms with Gasteiger partial charge in [0.1, 0.15) is 0 Å². The standard InChI is InChI=1S/C18H29NO3/c1-4-6-7-8-11-22-18-12-16(9-10-17(18)21-3)15(5-2)13-19-14-20/h9-10,12,14-15H,4-8,11,13H2,1-3H3,(H,19,20). The molecule has 0 saturated heterocycles. The maximum atomic E-state index is 10.5. The number of hydrogen-bond acceptors (Lipinski definition) is 3. The molecule has 0 spiro atoms. The molecule has 1 N–H and O–H groups in total. The highest BCUT2D eigenvalue weighted by atomic mass is 16.5. The van der Waals surface area contributed by atoms with Crippen LogP contribution in [0.3, 0.4) is 0 Å². The summed E-state index contributed by atoms with van der Waals surface area (Å²) in [7, 11) is 1.66. The third kappa shape index (κ3) is 5.96. The molecule has 1 amide bonds. The summed E-state index contributed by atoms with van der Waals surface area (Å²) in [5.41, 5.74) is 1.17. The summed E-state index contributed by atoms with van der Waals surface area (Å²) in [4.78, 5) is 10.5. The van der Waals surface area contributed by atoms with E-state index in [1.165, 1.54) is 24.8 Å². The first-order valence-electron chi connectivity index (χ1n) is 8.24. The SMILES string of the molecule is CCCCCCOc1cc(C(CC)CNC=O)ccc1OC. The second kappa shape index (κ2) is 10.9. The summed E-state index contributed by atoms with van der Waals surface area (Å²) in [6.07, 6.45) is 6.43. The van der Waals surface area contributed by atoms with Gasteiger partial charge in [-0.15, -0.1) is 0 Å². The molecule has 0 radical (unpaired) electrons. The van der Waals surface area contributed by atoms with E-state index in [1.807, 2.05) is 18.2 Å². The van der Waals surface area contributed by atoms with Crippen molar-refractivity contribution >= 4 is 6.41 Å². The van der Waals surface area contributed by atoms with Crippen molar-refractivity contribution in [1.82, 2.24) is 5.32 Å². The van der Waals surface area contributed by atoms with Crippen molar-refractivity contribution in [3.63, 3.8) is 0 Å². The number of benzene rings is 1. The predicted octanol–water partition coefficient (Wildman–Crippen LogP) is 3.89. The number of unbranched alkanes of at least 4 members (excludes halogenated alkanes) is 3. The third-order valence-electron chi connectivity index (χ3n) is 3.85. The fourth-order valence-corrected chi connectivity index (χ4v) is 2.46. The fourth-order valence-electron chi connectivity index (χ4n) is 2.46. The number of amides is 1. The van der Waals surface area contributed by atoms with Gasteiger partial charge in [-0.2, -0.15) is 0 Å². The maximum absolute atomic E-state index is 10.5. The average Bonchev–Trinajstić information content (AvgIpc) is 2.55. The van der Waals surface area contributed by atoms with Gasteiger partial charge in [-0.25, -0.2) is 0 Å². The van der Waals surface area contributed by atoms with Gasteiger partial charge in [-0.1, -0.05) is 39.2 Å². The van der Waals surface area contributed by atoms with E-state index in [0.717, 1.165) is 30.8 Å². The van der Waals surface area contributed by atoms with Crippen LogP contribution in [0.5, 0.6) is 11.5 Å². The van der Waals surface area contributed by atoms with Crippen molar-refractivity contribution in [3.8, 4) is 11.5 Å². The zero-order chi connectivity index (χ0) is 16.2. The molecule has 0 bridgehead atoms. The van der Waals surface area contributed by atoms with Crippen molar-refractivity contribution < 1.29 is 14.3 Å². The molecule has 22 heavy (non-hydrogen) atoms. The largest absolute Gasteiger partial charge is 0.493 e. The van der Waals surface area contributed by atoms with Gasteiger partial charge in [0.05, 0.1) is 13.7 Å². The van der Waals surface area contributed by atoms with E-state index in [-0.39, 0.29) is 0 Å². The molecule has 0 saturated carbocycles. The molecule has 1 aromatic carbocycles. The lowest BCUT2D eigenvalue weighted by Crippen LogP contribution is -2.19. The number of methoxy groups -OCH3 is 1. The van der Waals surface area contributed by atoms with Crippen molar-refractivity contribution in [2.45, 2.75) is 51.9 Å². The molecule has 0 aromatic heterocycles. The van der Waals surface area contributed by atoms with E-state index in [4.69, 9.17) is 9.47 Å². The van der Waals surface area contributed by atoms with Crippen LogP contribution >= 0.6 is 0 Å². The van der Waals surface area contributed by atoms with Gasteiger partial charge in [0.2, 0.25) is 6.41 Å². The Morgan fingerprint density at radius 1 is 1.18 bits per heavy atom. The lowest BCUT2D eigenvalue weighted by molar-refractivity contribution is -0.109. The number of ether oxygens (including phenoxy) is 2. The minimum atomic E-state index is 0.290. The Morgan fingerprint density at radius 2 is 2.00 bits per heavy atom. The summed E-state index contributed by atoms with van der Waals surface area (Å²) in [5.74, 6) is 1.84. The summed E-state index contributed by atoms with van der Waals surface area (Å²) in [5, 5.41) is 2.76. The van der Waals surface area contributed by atoms with Gasteiger partial charge >= 0.3 is 0 Å². The Hall–Kier alpha value is -1.71. The van der Waals surface area contributed by atoms with Crippen molar-refractivity contribution in [3.05, 3.63) is 23.8 Å². The van der Waals surface area contributed by atoms with Crippen LogP contribution in [0.2, 0.25) is 0 Å². The first kappa shape index (κ1) is 18.3. The molecule has 0 aliphatic carbocycles. The van der Waals surface area contributed by atoms with E-state index in [0.29, 0.717) is 19.1 Å². The molecule has 4 heteroatoms. The van der Waals surface area contributed by atoms with Crippen LogP contribution in [-0.4, -0.2) is 26.7 Å². The summed E-state index contributed by atoms with van der Waals surface area (Å²) in [6.45, 7) is 5.67. The smallest absolute Gasteiger partial charge is 0.207 e. The van der Waals surface area contributed by atoms with Crippen molar-refractivity contribution in [1.29, 1.82) is 0 Å². The molecule has 124 valence electrons. The average molecular weight is 307 g/mol. The quantitative estimate of drug-likeness (QED) is 0.471. The van der Waals surface area contributed by atoms with Crippen LogP contribution in [0.25, 0.3) is 0 Å². The first-order chi connectivity index (χ1) is 10.8. The molecular weight excluding hydrogens is 278 g/mol. The number of nitrogens with one attached hydrogen (secondary N) is 1. The minimum Gasteiger partial charge on any atom is -0.493 e. The highest BCUT2D eigenvalue weighted by Gasteiger charge is 2.13. The van der Waals surface area contributed by atoms with Crippen LogP contribution < -0.4 is 14.8 Å². The van der Waals surface area contributed by atoms with E-state index in [2.05, 4.69) is 19.2 Å². The Kier molecular flexibility index (Phi) is 9.12. The molecule has 1 rings (SSSR count). The summed E-state index contributed by atoms with van der Waals surface area (Å²) in [6, 6.07) is 6.03. The number of carbonyl (C=O) groups excluding carboxylic acids is 1. The zero-order valence-corrected chi connectivity index (χ0v) is 14.1. The Balaban J connectivity index is 2.72. The fraction of sp³-hybridized carbons (Fsp3) is 0.611. The lowest BCUT2D eigenvalue weighted by Gasteiger charge is -2.18. The van der Waals surface area contributed by atoms with Crippen LogP contribution in [0.1, 0.15) is 57.4 Å². The topological polar surface area (TPSA) is 47.6 Å². The van der Waals surface area contributed by atoms with Gasteiger partial charge in [0.25, 0.3) is 0 Å². The molecule has 0 aliphatic rings. The van der Waals surface area contributed by atoms with E-state index < -0.39 is 0 Å².